The molecule has 5 rings (SSSR count). The highest BCUT2D eigenvalue weighted by Crippen LogP contribution is 2.29. The summed E-state index contributed by atoms with van der Waals surface area (Å²) in [6.45, 7) is 6.36. The molecule has 1 unspecified atom stereocenters. The summed E-state index contributed by atoms with van der Waals surface area (Å²) in [5, 5.41) is 10.1. The number of hydrogen-bond acceptors (Lipinski definition) is 6. The Hall–Kier alpha value is -2.25. The average molecular weight is 410 g/mol. The molecule has 2 aliphatic rings. The number of rotatable bonds is 6. The molecule has 2 saturated heterocycles. The zero-order valence-electron chi connectivity index (χ0n) is 17.8. The monoisotopic (exact) mass is 409 g/mol. The Morgan fingerprint density at radius 3 is 2.77 bits per heavy atom. The maximum absolute atomic E-state index is 5.88. The molecule has 2 fully saturated rings. The van der Waals surface area contributed by atoms with Crippen molar-refractivity contribution >= 4 is 10.9 Å². The number of benzene rings is 1. The van der Waals surface area contributed by atoms with E-state index >= 15 is 0 Å². The van der Waals surface area contributed by atoms with Gasteiger partial charge in [0.15, 0.2) is 0 Å². The predicted molar refractivity (Wildman–Crippen MR) is 115 cm³/mol. The molecule has 0 aliphatic carbocycles. The number of ether oxygens (including phenoxy) is 1. The number of nitrogens with zero attached hydrogens (tertiary/aromatic N) is 5. The molecule has 4 heterocycles. The second kappa shape index (κ2) is 8.86. The fraction of sp³-hybridized carbons (Fsp3) is 0.609. The first kappa shape index (κ1) is 19.7. The summed E-state index contributed by atoms with van der Waals surface area (Å²) in [5.41, 5.74) is 2.09. The highest BCUT2D eigenvalue weighted by Gasteiger charge is 2.26. The highest BCUT2D eigenvalue weighted by molar-refractivity contribution is 5.83. The molecule has 1 atom stereocenters. The van der Waals surface area contributed by atoms with Crippen LogP contribution < -0.4 is 0 Å². The van der Waals surface area contributed by atoms with Crippen LogP contribution in [-0.2, 0) is 11.2 Å². The largest absolute Gasteiger partial charge is 0.378 e. The van der Waals surface area contributed by atoms with Crippen LogP contribution in [0.2, 0.25) is 0 Å². The highest BCUT2D eigenvalue weighted by atomic mass is 16.5. The zero-order valence-corrected chi connectivity index (χ0v) is 17.8. The summed E-state index contributed by atoms with van der Waals surface area (Å²) in [7, 11) is 0. The quantitative estimate of drug-likeness (QED) is 0.610. The molecular formula is C23H31N5O2. The van der Waals surface area contributed by atoms with Gasteiger partial charge in [0.25, 0.3) is 5.95 Å². The summed E-state index contributed by atoms with van der Waals surface area (Å²) in [4.78, 5) is 7.29. The number of aryl methyl sites for hydroxylation is 1. The van der Waals surface area contributed by atoms with Gasteiger partial charge in [0, 0.05) is 24.5 Å². The van der Waals surface area contributed by atoms with Gasteiger partial charge in [-0.25, -0.2) is 0 Å². The third-order valence-electron chi connectivity index (χ3n) is 6.60. The summed E-state index contributed by atoms with van der Waals surface area (Å²) in [6, 6.07) is 8.23. The first-order valence-electron chi connectivity index (χ1n) is 11.5. The molecule has 160 valence electrons. The normalized spacial score (nSPS) is 21.4. The van der Waals surface area contributed by atoms with Crippen LogP contribution >= 0.6 is 0 Å². The summed E-state index contributed by atoms with van der Waals surface area (Å²) in [6.07, 6.45) is 8.39. The molecule has 2 aromatic heterocycles. The van der Waals surface area contributed by atoms with Crippen molar-refractivity contribution in [3.8, 4) is 5.95 Å². The molecule has 2 aliphatic heterocycles. The van der Waals surface area contributed by atoms with E-state index in [2.05, 4.69) is 29.1 Å². The van der Waals surface area contributed by atoms with E-state index in [1.807, 2.05) is 16.8 Å². The molecule has 0 bridgehead atoms. The van der Waals surface area contributed by atoms with Crippen molar-refractivity contribution in [1.82, 2.24) is 24.8 Å². The minimum absolute atomic E-state index is 0.334. The number of hydrogen-bond donors (Lipinski definition) is 0. The fourth-order valence-electron chi connectivity index (χ4n) is 4.79. The van der Waals surface area contributed by atoms with Gasteiger partial charge in [-0.1, -0.05) is 25.1 Å². The van der Waals surface area contributed by atoms with Crippen molar-refractivity contribution in [1.29, 1.82) is 0 Å². The second-order valence-electron chi connectivity index (χ2n) is 8.55. The molecule has 1 aromatic carbocycles. The van der Waals surface area contributed by atoms with Crippen LogP contribution in [-0.4, -0.2) is 57.2 Å². The van der Waals surface area contributed by atoms with Gasteiger partial charge in [0.2, 0.25) is 5.89 Å². The van der Waals surface area contributed by atoms with Crippen molar-refractivity contribution in [2.75, 3.05) is 26.2 Å². The van der Waals surface area contributed by atoms with Gasteiger partial charge in [-0.3, -0.25) is 0 Å². The van der Waals surface area contributed by atoms with Gasteiger partial charge in [0.05, 0.1) is 17.3 Å². The lowest BCUT2D eigenvalue weighted by Crippen LogP contribution is -2.35. The molecule has 0 amide bonds. The minimum atomic E-state index is 0.334. The standard InChI is InChI=1S/C23H31N5O2/c1-2-20-19-8-3-4-9-21(19)28(25-20)23-24-22(30-26-23)17-10-13-27(14-11-17)15-12-18-7-5-6-16-29-18/h3-4,8-9,17-18H,2,5-7,10-16H2,1H3. The molecular weight excluding hydrogens is 378 g/mol. The Kier molecular flexibility index (Phi) is 5.82. The number of piperidine rings is 1. The van der Waals surface area contributed by atoms with E-state index in [4.69, 9.17) is 19.3 Å². The van der Waals surface area contributed by atoms with Crippen molar-refractivity contribution in [2.24, 2.45) is 0 Å². The summed E-state index contributed by atoms with van der Waals surface area (Å²) < 4.78 is 13.4. The lowest BCUT2D eigenvalue weighted by Gasteiger charge is -2.32. The van der Waals surface area contributed by atoms with Crippen LogP contribution in [0.25, 0.3) is 16.9 Å². The van der Waals surface area contributed by atoms with Crippen LogP contribution in [0.1, 0.15) is 63.0 Å². The molecule has 0 saturated carbocycles. The average Bonchev–Trinajstić information content (AvgIpc) is 3.44. The number of likely N-dealkylation sites (tertiary alicyclic amines) is 1. The first-order valence-corrected chi connectivity index (χ1v) is 11.5. The second-order valence-corrected chi connectivity index (χ2v) is 8.55. The van der Waals surface area contributed by atoms with Gasteiger partial charge in [-0.2, -0.15) is 14.8 Å². The van der Waals surface area contributed by atoms with Gasteiger partial charge in [-0.05, 0) is 69.3 Å². The Labute approximate surface area is 177 Å². The third-order valence-corrected chi connectivity index (χ3v) is 6.60. The Bertz CT molecular complexity index is 967. The molecule has 0 spiro atoms. The van der Waals surface area contributed by atoms with E-state index in [1.54, 1.807) is 0 Å². The smallest absolute Gasteiger partial charge is 0.291 e. The Morgan fingerprint density at radius 1 is 1.10 bits per heavy atom. The fourth-order valence-corrected chi connectivity index (χ4v) is 4.79. The lowest BCUT2D eigenvalue weighted by molar-refractivity contribution is 0.00408. The van der Waals surface area contributed by atoms with Crippen molar-refractivity contribution in [3.05, 3.63) is 35.9 Å². The maximum Gasteiger partial charge on any atom is 0.291 e. The van der Waals surface area contributed by atoms with Crippen molar-refractivity contribution < 1.29 is 9.26 Å². The summed E-state index contributed by atoms with van der Waals surface area (Å²) >= 11 is 0. The topological polar surface area (TPSA) is 69.2 Å². The van der Waals surface area contributed by atoms with Gasteiger partial charge >= 0.3 is 0 Å². The third kappa shape index (κ3) is 4.01. The van der Waals surface area contributed by atoms with Crippen LogP contribution in [0.4, 0.5) is 0 Å². The number of fused-ring (bicyclic) bond motifs is 1. The van der Waals surface area contributed by atoms with E-state index in [9.17, 15) is 0 Å². The lowest BCUT2D eigenvalue weighted by atomic mass is 9.96. The van der Waals surface area contributed by atoms with E-state index in [1.165, 1.54) is 19.3 Å². The SMILES string of the molecule is CCc1nn(-c2noc(C3CCN(CCC4CCCCO4)CC3)n2)c2ccccc12. The molecule has 3 aromatic rings. The molecule has 30 heavy (non-hydrogen) atoms. The van der Waals surface area contributed by atoms with Crippen LogP contribution in [0.15, 0.2) is 28.8 Å². The van der Waals surface area contributed by atoms with Gasteiger partial charge in [0.1, 0.15) is 0 Å². The Morgan fingerprint density at radius 2 is 1.97 bits per heavy atom. The van der Waals surface area contributed by atoms with E-state index in [0.29, 0.717) is 18.0 Å². The predicted octanol–water partition coefficient (Wildman–Crippen LogP) is 4.11. The van der Waals surface area contributed by atoms with Gasteiger partial charge < -0.3 is 14.2 Å². The minimum Gasteiger partial charge on any atom is -0.378 e. The molecule has 0 N–H and O–H groups in total. The summed E-state index contributed by atoms with van der Waals surface area (Å²) in [5.74, 6) is 1.62. The van der Waals surface area contributed by atoms with Crippen LogP contribution in [0, 0.1) is 0 Å². The zero-order chi connectivity index (χ0) is 20.3. The van der Waals surface area contributed by atoms with Crippen molar-refractivity contribution in [3.63, 3.8) is 0 Å². The van der Waals surface area contributed by atoms with E-state index in [0.717, 1.165) is 74.4 Å². The van der Waals surface area contributed by atoms with E-state index < -0.39 is 0 Å². The maximum atomic E-state index is 5.88. The van der Waals surface area contributed by atoms with Crippen LogP contribution in [0.5, 0.6) is 0 Å². The Balaban J connectivity index is 1.22. The van der Waals surface area contributed by atoms with Gasteiger partial charge in [-0.15, -0.1) is 0 Å². The van der Waals surface area contributed by atoms with Crippen molar-refractivity contribution in [2.45, 2.75) is 63.9 Å². The number of aromatic nitrogens is 4. The molecule has 7 heteroatoms. The van der Waals surface area contributed by atoms with E-state index in [-0.39, 0.29) is 0 Å². The number of para-hydroxylation sites is 1. The van der Waals surface area contributed by atoms with Crippen LogP contribution in [0.3, 0.4) is 0 Å². The first-order chi connectivity index (χ1) is 14.8. The molecule has 0 radical (unpaired) electrons. The molecule has 7 nitrogen and oxygen atoms in total.